The zero-order valence-electron chi connectivity index (χ0n) is 19.6. The quantitative estimate of drug-likeness (QED) is 0.683. The number of nitrogens with zero attached hydrogens (tertiary/aromatic N) is 4. The molecule has 0 spiro atoms. The largest absolute Gasteiger partial charge is 0.360 e. The van der Waals surface area contributed by atoms with Gasteiger partial charge in [0.25, 0.3) is 0 Å². The van der Waals surface area contributed by atoms with Crippen LogP contribution in [0.4, 0.5) is 5.69 Å². The fourth-order valence-corrected chi connectivity index (χ4v) is 6.42. The molecule has 2 aliphatic rings. The molecule has 0 aliphatic carbocycles. The number of hydrogen-bond donors (Lipinski definition) is 1. The van der Waals surface area contributed by atoms with Crippen LogP contribution in [0.5, 0.6) is 0 Å². The Hall–Kier alpha value is -2.27. The number of aryl methyl sites for hydroxylation is 2. The zero-order chi connectivity index (χ0) is 23.6. The lowest BCUT2D eigenvalue weighted by atomic mass is 9.98. The molecule has 1 unspecified atom stereocenters. The summed E-state index contributed by atoms with van der Waals surface area (Å²) in [4.78, 5) is 17.9. The Morgan fingerprint density at radius 1 is 1.18 bits per heavy atom. The average Bonchev–Trinajstić information content (AvgIpc) is 3.14. The highest BCUT2D eigenvalue weighted by Gasteiger charge is 2.36. The van der Waals surface area contributed by atoms with E-state index in [9.17, 15) is 13.2 Å². The minimum Gasteiger partial charge on any atom is -0.360 e. The van der Waals surface area contributed by atoms with E-state index in [2.05, 4.69) is 33.4 Å². The predicted octanol–water partition coefficient (Wildman–Crippen LogP) is 2.08. The van der Waals surface area contributed by atoms with Crippen molar-refractivity contribution >= 4 is 21.6 Å². The third kappa shape index (κ3) is 5.46. The third-order valence-electron chi connectivity index (χ3n) is 6.52. The van der Waals surface area contributed by atoms with Gasteiger partial charge in [0, 0.05) is 51.5 Å². The van der Waals surface area contributed by atoms with Gasteiger partial charge < -0.3 is 14.7 Å². The number of sulfonamides is 1. The van der Waals surface area contributed by atoms with Crippen LogP contribution in [0, 0.1) is 19.8 Å². The number of piperidine rings is 1. The number of anilines is 1. The second-order valence-corrected chi connectivity index (χ2v) is 11.0. The van der Waals surface area contributed by atoms with Gasteiger partial charge in [0.1, 0.15) is 10.6 Å². The van der Waals surface area contributed by atoms with Gasteiger partial charge >= 0.3 is 0 Å². The molecular weight excluding hydrogens is 442 g/mol. The van der Waals surface area contributed by atoms with Crippen molar-refractivity contribution < 1.29 is 17.7 Å². The van der Waals surface area contributed by atoms with E-state index in [0.717, 1.165) is 44.0 Å². The minimum atomic E-state index is -3.76. The predicted molar refractivity (Wildman–Crippen MR) is 125 cm³/mol. The number of benzene rings is 1. The molecule has 1 amide bonds. The first-order chi connectivity index (χ1) is 15.7. The molecule has 180 valence electrons. The zero-order valence-corrected chi connectivity index (χ0v) is 20.4. The van der Waals surface area contributed by atoms with Crippen LogP contribution in [-0.4, -0.2) is 79.9 Å². The molecule has 33 heavy (non-hydrogen) atoms. The van der Waals surface area contributed by atoms with E-state index in [0.29, 0.717) is 25.1 Å². The normalized spacial score (nSPS) is 21.2. The van der Waals surface area contributed by atoms with Crippen molar-refractivity contribution in [3.05, 3.63) is 41.3 Å². The third-order valence-corrected chi connectivity index (χ3v) is 8.63. The van der Waals surface area contributed by atoms with E-state index in [1.54, 1.807) is 13.8 Å². The van der Waals surface area contributed by atoms with Crippen molar-refractivity contribution in [3.63, 3.8) is 0 Å². The van der Waals surface area contributed by atoms with Crippen molar-refractivity contribution in [1.82, 2.24) is 19.3 Å². The van der Waals surface area contributed by atoms with E-state index >= 15 is 0 Å². The van der Waals surface area contributed by atoms with Gasteiger partial charge in [-0.15, -0.1) is 0 Å². The first kappa shape index (κ1) is 23.9. The van der Waals surface area contributed by atoms with Crippen molar-refractivity contribution in [2.45, 2.75) is 38.1 Å². The Balaban J connectivity index is 1.39. The molecule has 10 heteroatoms. The number of hydrogen-bond acceptors (Lipinski definition) is 7. The summed E-state index contributed by atoms with van der Waals surface area (Å²) in [6, 6.07) is 7.92. The number of nitrogens with one attached hydrogen (secondary N) is 1. The highest BCUT2D eigenvalue weighted by Crippen LogP contribution is 2.28. The van der Waals surface area contributed by atoms with Crippen LogP contribution in [0.1, 0.15) is 29.9 Å². The van der Waals surface area contributed by atoms with E-state index < -0.39 is 15.9 Å². The Bertz CT molecular complexity index is 1070. The van der Waals surface area contributed by atoms with Crippen LogP contribution < -0.4 is 5.32 Å². The van der Waals surface area contributed by atoms with Gasteiger partial charge in [-0.2, -0.15) is 4.31 Å². The summed E-state index contributed by atoms with van der Waals surface area (Å²) in [5.74, 6) is -0.281. The smallest absolute Gasteiger partial charge is 0.248 e. The number of carbonyl (C=O) groups is 1. The van der Waals surface area contributed by atoms with Crippen LogP contribution in [0.25, 0.3) is 0 Å². The Morgan fingerprint density at radius 3 is 2.64 bits per heavy atom. The highest BCUT2D eigenvalue weighted by molar-refractivity contribution is 7.89. The van der Waals surface area contributed by atoms with Crippen LogP contribution in [0.3, 0.4) is 0 Å². The van der Waals surface area contributed by atoms with Crippen LogP contribution in [-0.2, 0) is 21.4 Å². The molecule has 0 bridgehead atoms. The molecule has 1 aromatic heterocycles. The molecule has 1 atom stereocenters. The fraction of sp³-hybridized carbons (Fsp3) is 0.565. The van der Waals surface area contributed by atoms with E-state index in [1.807, 2.05) is 18.2 Å². The maximum atomic E-state index is 13.2. The molecule has 1 N–H and O–H groups in total. The number of aromatic nitrogens is 1. The minimum absolute atomic E-state index is 0.111. The van der Waals surface area contributed by atoms with Gasteiger partial charge in [0.15, 0.2) is 5.76 Å². The molecule has 2 fully saturated rings. The summed E-state index contributed by atoms with van der Waals surface area (Å²) in [6.45, 7) is 8.79. The van der Waals surface area contributed by atoms with Gasteiger partial charge in [0.05, 0.1) is 5.92 Å². The number of rotatable bonds is 6. The molecule has 3 heterocycles. The summed E-state index contributed by atoms with van der Waals surface area (Å²) in [6.07, 6.45) is 1.28. The lowest BCUT2D eigenvalue weighted by molar-refractivity contribution is -0.120. The summed E-state index contributed by atoms with van der Waals surface area (Å²) in [7, 11) is -1.62. The van der Waals surface area contributed by atoms with Crippen molar-refractivity contribution in [3.8, 4) is 0 Å². The van der Waals surface area contributed by atoms with E-state index in [4.69, 9.17) is 4.52 Å². The van der Waals surface area contributed by atoms with E-state index in [-0.39, 0.29) is 23.1 Å². The van der Waals surface area contributed by atoms with Crippen molar-refractivity contribution in [2.24, 2.45) is 5.92 Å². The Morgan fingerprint density at radius 2 is 1.94 bits per heavy atom. The number of piperazine rings is 1. The molecule has 2 saturated heterocycles. The lowest BCUT2D eigenvalue weighted by Gasteiger charge is -2.32. The monoisotopic (exact) mass is 475 g/mol. The number of likely N-dealkylation sites (N-methyl/N-ethyl adjacent to an activating group) is 1. The number of amides is 1. The highest BCUT2D eigenvalue weighted by atomic mass is 32.2. The molecule has 2 aromatic rings. The summed E-state index contributed by atoms with van der Waals surface area (Å²) in [5, 5.41) is 6.78. The maximum absolute atomic E-state index is 13.2. The maximum Gasteiger partial charge on any atom is 0.248 e. The average molecular weight is 476 g/mol. The summed E-state index contributed by atoms with van der Waals surface area (Å²) in [5.41, 5.74) is 2.25. The van der Waals surface area contributed by atoms with Crippen LogP contribution in [0.15, 0.2) is 33.7 Å². The van der Waals surface area contributed by atoms with Gasteiger partial charge in [-0.3, -0.25) is 9.69 Å². The van der Waals surface area contributed by atoms with Crippen LogP contribution >= 0.6 is 0 Å². The van der Waals surface area contributed by atoms with Crippen LogP contribution in [0.2, 0.25) is 0 Å². The SMILES string of the molecule is Cc1noc(C)c1S(=O)(=O)N1CCCC(C(=O)Nc2cccc(CN3CCN(C)CC3)c2)C1. The molecule has 0 saturated carbocycles. The Kier molecular flexibility index (Phi) is 7.18. The summed E-state index contributed by atoms with van der Waals surface area (Å²) >= 11 is 0. The molecule has 4 rings (SSSR count). The van der Waals surface area contributed by atoms with Gasteiger partial charge in [-0.1, -0.05) is 17.3 Å². The second kappa shape index (κ2) is 9.92. The Labute approximate surface area is 195 Å². The topological polar surface area (TPSA) is 99.0 Å². The lowest BCUT2D eigenvalue weighted by Crippen LogP contribution is -2.44. The summed E-state index contributed by atoms with van der Waals surface area (Å²) < 4.78 is 32.8. The molecule has 9 nitrogen and oxygen atoms in total. The molecule has 1 aromatic carbocycles. The van der Waals surface area contributed by atoms with Crippen molar-refractivity contribution in [2.75, 3.05) is 51.6 Å². The molecular formula is C23H33N5O4S. The first-order valence-electron chi connectivity index (χ1n) is 11.5. The fourth-order valence-electron chi connectivity index (χ4n) is 4.60. The molecule has 2 aliphatic heterocycles. The molecule has 0 radical (unpaired) electrons. The van der Waals surface area contributed by atoms with Gasteiger partial charge in [-0.25, -0.2) is 8.42 Å². The van der Waals surface area contributed by atoms with E-state index in [1.165, 1.54) is 4.31 Å². The van der Waals surface area contributed by atoms with Gasteiger partial charge in [-0.05, 0) is 51.4 Å². The van der Waals surface area contributed by atoms with Crippen molar-refractivity contribution in [1.29, 1.82) is 0 Å². The van der Waals surface area contributed by atoms with Gasteiger partial charge in [0.2, 0.25) is 15.9 Å². The number of carbonyl (C=O) groups excluding carboxylic acids is 1. The first-order valence-corrected chi connectivity index (χ1v) is 12.9. The standard InChI is InChI=1S/C23H33N5O4S/c1-17-22(18(2)32-25-17)33(30,31)28-9-5-7-20(16-28)23(29)24-21-8-4-6-19(14-21)15-27-12-10-26(3)11-13-27/h4,6,8,14,20H,5,7,9-13,15-16H2,1-3H3,(H,24,29). The second-order valence-electron chi connectivity index (χ2n) is 9.12.